The maximum atomic E-state index is 5.84. The summed E-state index contributed by atoms with van der Waals surface area (Å²) in [6.45, 7) is 4.37. The van der Waals surface area contributed by atoms with E-state index in [-0.39, 0.29) is 0 Å². The molecular weight excluding hydrogens is 218 g/mol. The van der Waals surface area contributed by atoms with Crippen LogP contribution in [0.1, 0.15) is 23.6 Å². The molecule has 0 radical (unpaired) electrons. The van der Waals surface area contributed by atoms with Crippen LogP contribution in [0, 0.1) is 12.8 Å². The molecule has 0 amide bonds. The van der Waals surface area contributed by atoms with Gasteiger partial charge in [0.1, 0.15) is 0 Å². The van der Waals surface area contributed by atoms with Crippen LogP contribution in [-0.2, 0) is 12.8 Å². The van der Waals surface area contributed by atoms with Crippen molar-refractivity contribution in [3.63, 3.8) is 0 Å². The van der Waals surface area contributed by atoms with Gasteiger partial charge in [-0.15, -0.1) is 0 Å². The number of aryl methyl sites for hydroxylation is 1. The summed E-state index contributed by atoms with van der Waals surface area (Å²) < 4.78 is 0. The van der Waals surface area contributed by atoms with E-state index in [9.17, 15) is 0 Å². The molecule has 18 heavy (non-hydrogen) atoms. The quantitative estimate of drug-likeness (QED) is 0.802. The zero-order valence-corrected chi connectivity index (χ0v) is 11.2. The summed E-state index contributed by atoms with van der Waals surface area (Å²) in [6, 6.07) is 17.0. The Morgan fingerprint density at radius 2 is 1.61 bits per heavy atom. The smallest absolute Gasteiger partial charge is 0.0343 e. The van der Waals surface area contributed by atoms with Gasteiger partial charge in [-0.2, -0.15) is 0 Å². The van der Waals surface area contributed by atoms with E-state index in [1.54, 1.807) is 0 Å². The first-order valence-electron chi connectivity index (χ1n) is 6.54. The van der Waals surface area contributed by atoms with Crippen LogP contribution < -0.4 is 5.73 Å². The normalized spacial score (nSPS) is 12.3. The summed E-state index contributed by atoms with van der Waals surface area (Å²) in [5.41, 5.74) is 10.7. The number of nitrogens with two attached hydrogens (primary N) is 1. The highest BCUT2D eigenvalue weighted by Gasteiger charge is 2.06. The predicted molar refractivity (Wildman–Crippen MR) is 78.6 cm³/mol. The molecule has 1 heteroatoms. The first-order valence-corrected chi connectivity index (χ1v) is 6.54. The van der Waals surface area contributed by atoms with E-state index in [0.29, 0.717) is 5.92 Å². The number of nitrogen functional groups attached to an aromatic ring is 1. The van der Waals surface area contributed by atoms with Gasteiger partial charge in [-0.3, -0.25) is 0 Å². The molecule has 0 saturated heterocycles. The highest BCUT2D eigenvalue weighted by Crippen LogP contribution is 2.18. The van der Waals surface area contributed by atoms with Crippen LogP contribution in [0.3, 0.4) is 0 Å². The molecule has 0 bridgehead atoms. The third-order valence-electron chi connectivity index (χ3n) is 3.35. The molecule has 2 aromatic carbocycles. The van der Waals surface area contributed by atoms with E-state index in [0.717, 1.165) is 18.5 Å². The Bertz CT molecular complexity index is 502. The Kier molecular flexibility index (Phi) is 4.03. The molecule has 2 aromatic rings. The number of hydrogen-bond donors (Lipinski definition) is 1. The second kappa shape index (κ2) is 5.72. The first-order chi connectivity index (χ1) is 8.65. The monoisotopic (exact) mass is 239 g/mol. The molecule has 0 fully saturated rings. The van der Waals surface area contributed by atoms with Crippen LogP contribution in [0.4, 0.5) is 5.69 Å². The molecule has 1 atom stereocenters. The maximum Gasteiger partial charge on any atom is 0.0343 e. The number of rotatable bonds is 4. The average Bonchev–Trinajstić information content (AvgIpc) is 2.35. The molecule has 0 aliphatic rings. The van der Waals surface area contributed by atoms with Crippen molar-refractivity contribution in [3.05, 3.63) is 65.2 Å². The van der Waals surface area contributed by atoms with Crippen molar-refractivity contribution < 1.29 is 0 Å². The predicted octanol–water partition coefficient (Wildman–Crippen LogP) is 4.00. The number of anilines is 1. The Morgan fingerprint density at radius 1 is 0.944 bits per heavy atom. The average molecular weight is 239 g/mol. The van der Waals surface area contributed by atoms with E-state index >= 15 is 0 Å². The Morgan fingerprint density at radius 3 is 2.28 bits per heavy atom. The van der Waals surface area contributed by atoms with E-state index in [4.69, 9.17) is 5.73 Å². The molecule has 2 rings (SSSR count). The van der Waals surface area contributed by atoms with Crippen LogP contribution in [0.2, 0.25) is 0 Å². The minimum Gasteiger partial charge on any atom is -0.399 e. The van der Waals surface area contributed by atoms with E-state index in [2.05, 4.69) is 56.3 Å². The fraction of sp³-hybridized carbons (Fsp3) is 0.294. The Balaban J connectivity index is 1.99. The van der Waals surface area contributed by atoms with Gasteiger partial charge < -0.3 is 5.73 Å². The standard InChI is InChI=1S/C17H21N/c1-13(10-15-6-4-3-5-7-15)11-16-8-9-17(18)14(2)12-16/h3-9,12-13H,10-11,18H2,1-2H3. The topological polar surface area (TPSA) is 26.0 Å². The van der Waals surface area contributed by atoms with Crippen LogP contribution in [0.15, 0.2) is 48.5 Å². The van der Waals surface area contributed by atoms with Crippen molar-refractivity contribution in [2.75, 3.05) is 5.73 Å². The Hall–Kier alpha value is -1.76. The lowest BCUT2D eigenvalue weighted by molar-refractivity contribution is 0.577. The van der Waals surface area contributed by atoms with Gasteiger partial charge in [0.25, 0.3) is 0 Å². The molecule has 0 heterocycles. The van der Waals surface area contributed by atoms with Crippen LogP contribution in [-0.4, -0.2) is 0 Å². The van der Waals surface area contributed by atoms with Crippen molar-refractivity contribution in [2.45, 2.75) is 26.7 Å². The van der Waals surface area contributed by atoms with Gasteiger partial charge in [0.2, 0.25) is 0 Å². The van der Waals surface area contributed by atoms with Crippen molar-refractivity contribution >= 4 is 5.69 Å². The summed E-state index contributed by atoms with van der Waals surface area (Å²) in [5, 5.41) is 0. The minimum absolute atomic E-state index is 0.649. The lowest BCUT2D eigenvalue weighted by Gasteiger charge is -2.12. The summed E-state index contributed by atoms with van der Waals surface area (Å²) >= 11 is 0. The van der Waals surface area contributed by atoms with Crippen molar-refractivity contribution in [1.29, 1.82) is 0 Å². The molecule has 1 nitrogen and oxygen atoms in total. The van der Waals surface area contributed by atoms with Crippen molar-refractivity contribution in [3.8, 4) is 0 Å². The maximum absolute atomic E-state index is 5.84. The van der Waals surface area contributed by atoms with E-state index in [1.807, 2.05) is 6.07 Å². The highest BCUT2D eigenvalue weighted by atomic mass is 14.5. The van der Waals surface area contributed by atoms with Crippen LogP contribution in [0.5, 0.6) is 0 Å². The summed E-state index contributed by atoms with van der Waals surface area (Å²) in [5.74, 6) is 0.649. The van der Waals surface area contributed by atoms with Gasteiger partial charge in [-0.1, -0.05) is 49.4 Å². The highest BCUT2D eigenvalue weighted by molar-refractivity contribution is 5.47. The molecule has 0 spiro atoms. The van der Waals surface area contributed by atoms with Gasteiger partial charge in [-0.05, 0) is 48.4 Å². The molecule has 0 aliphatic heterocycles. The zero-order valence-electron chi connectivity index (χ0n) is 11.2. The fourth-order valence-electron chi connectivity index (χ4n) is 2.36. The van der Waals surface area contributed by atoms with Crippen LogP contribution >= 0.6 is 0 Å². The SMILES string of the molecule is Cc1cc(CC(C)Cc2ccccc2)ccc1N. The van der Waals surface area contributed by atoms with Gasteiger partial charge in [0.15, 0.2) is 0 Å². The van der Waals surface area contributed by atoms with Gasteiger partial charge in [0.05, 0.1) is 0 Å². The zero-order chi connectivity index (χ0) is 13.0. The van der Waals surface area contributed by atoms with Crippen LogP contribution in [0.25, 0.3) is 0 Å². The second-order valence-electron chi connectivity index (χ2n) is 5.19. The van der Waals surface area contributed by atoms with Gasteiger partial charge >= 0.3 is 0 Å². The van der Waals surface area contributed by atoms with E-state index < -0.39 is 0 Å². The van der Waals surface area contributed by atoms with Crippen molar-refractivity contribution in [2.24, 2.45) is 5.92 Å². The summed E-state index contributed by atoms with van der Waals surface area (Å²) in [6.07, 6.45) is 2.24. The first kappa shape index (κ1) is 12.7. The van der Waals surface area contributed by atoms with E-state index in [1.165, 1.54) is 16.7 Å². The number of benzene rings is 2. The number of hydrogen-bond acceptors (Lipinski definition) is 1. The third-order valence-corrected chi connectivity index (χ3v) is 3.35. The molecule has 0 saturated carbocycles. The minimum atomic E-state index is 0.649. The second-order valence-corrected chi connectivity index (χ2v) is 5.19. The molecule has 94 valence electrons. The third kappa shape index (κ3) is 3.36. The lowest BCUT2D eigenvalue weighted by Crippen LogP contribution is -2.04. The summed E-state index contributed by atoms with van der Waals surface area (Å²) in [7, 11) is 0. The van der Waals surface area contributed by atoms with Gasteiger partial charge in [-0.25, -0.2) is 0 Å². The lowest BCUT2D eigenvalue weighted by atomic mass is 9.93. The van der Waals surface area contributed by atoms with Crippen molar-refractivity contribution in [1.82, 2.24) is 0 Å². The molecule has 0 aromatic heterocycles. The molecule has 1 unspecified atom stereocenters. The van der Waals surface area contributed by atoms with Gasteiger partial charge in [0, 0.05) is 5.69 Å². The summed E-state index contributed by atoms with van der Waals surface area (Å²) in [4.78, 5) is 0. The largest absolute Gasteiger partial charge is 0.399 e. The fourth-order valence-corrected chi connectivity index (χ4v) is 2.36. The Labute approximate surface area is 110 Å². The molecule has 0 aliphatic carbocycles. The molecule has 2 N–H and O–H groups in total. The molecular formula is C17H21N.